The highest BCUT2D eigenvalue weighted by Gasteiger charge is 2.20. The van der Waals surface area contributed by atoms with E-state index in [1.807, 2.05) is 18.2 Å². The maximum Gasteiger partial charge on any atom is 0.124 e. The van der Waals surface area contributed by atoms with E-state index in [-0.39, 0.29) is 6.04 Å². The fraction of sp³-hybridized carbons (Fsp3) is 0.294. The largest absolute Gasteiger partial charge is 0.496 e. The molecule has 21 heavy (non-hydrogen) atoms. The van der Waals surface area contributed by atoms with Crippen LogP contribution < -0.4 is 10.1 Å². The number of hydrogen-bond acceptors (Lipinski definition) is 2. The Kier molecular flexibility index (Phi) is 5.68. The Morgan fingerprint density at radius 2 is 1.95 bits per heavy atom. The SMILES string of the molecule is CCNC(c1ccc(C)cc1Br)c1cc(Cl)ccc1OC. The normalized spacial score (nSPS) is 12.2. The van der Waals surface area contributed by atoms with Gasteiger partial charge in [-0.2, -0.15) is 0 Å². The highest BCUT2D eigenvalue weighted by atomic mass is 79.9. The first kappa shape index (κ1) is 16.3. The lowest BCUT2D eigenvalue weighted by atomic mass is 9.97. The first-order chi connectivity index (χ1) is 10.1. The van der Waals surface area contributed by atoms with Crippen LogP contribution in [0.1, 0.15) is 29.7 Å². The molecule has 0 saturated heterocycles. The Balaban J connectivity index is 2.55. The third-order valence-corrected chi connectivity index (χ3v) is 4.30. The Hall–Kier alpha value is -1.03. The van der Waals surface area contributed by atoms with Crippen molar-refractivity contribution in [2.24, 2.45) is 0 Å². The van der Waals surface area contributed by atoms with Crippen LogP contribution in [0, 0.1) is 6.92 Å². The van der Waals surface area contributed by atoms with Gasteiger partial charge in [0.05, 0.1) is 13.2 Å². The van der Waals surface area contributed by atoms with E-state index < -0.39 is 0 Å². The van der Waals surface area contributed by atoms with E-state index in [4.69, 9.17) is 16.3 Å². The van der Waals surface area contributed by atoms with Gasteiger partial charge in [-0.3, -0.25) is 0 Å². The average Bonchev–Trinajstić information content (AvgIpc) is 2.45. The van der Waals surface area contributed by atoms with Crippen LogP contribution >= 0.6 is 27.5 Å². The number of ether oxygens (including phenoxy) is 1. The standard InChI is InChI=1S/C17H19BrClNO/c1-4-20-17(13-7-5-11(2)9-15(13)18)14-10-12(19)6-8-16(14)21-3/h5-10,17,20H,4H2,1-3H3. The molecule has 112 valence electrons. The zero-order valence-corrected chi connectivity index (χ0v) is 14.8. The maximum atomic E-state index is 6.18. The number of rotatable bonds is 5. The van der Waals surface area contributed by atoms with Crippen molar-refractivity contribution in [3.05, 3.63) is 62.6 Å². The molecule has 0 heterocycles. The van der Waals surface area contributed by atoms with E-state index in [2.05, 4.69) is 53.3 Å². The molecule has 0 fully saturated rings. The summed E-state index contributed by atoms with van der Waals surface area (Å²) >= 11 is 9.84. The van der Waals surface area contributed by atoms with Crippen molar-refractivity contribution in [3.8, 4) is 5.75 Å². The topological polar surface area (TPSA) is 21.3 Å². The van der Waals surface area contributed by atoms with Gasteiger partial charge in [0.25, 0.3) is 0 Å². The highest BCUT2D eigenvalue weighted by molar-refractivity contribution is 9.10. The van der Waals surface area contributed by atoms with Gasteiger partial charge in [-0.25, -0.2) is 0 Å². The molecule has 2 nitrogen and oxygen atoms in total. The van der Waals surface area contributed by atoms with Gasteiger partial charge in [-0.15, -0.1) is 0 Å². The van der Waals surface area contributed by atoms with Gasteiger partial charge < -0.3 is 10.1 Å². The van der Waals surface area contributed by atoms with Gasteiger partial charge >= 0.3 is 0 Å². The number of hydrogen-bond donors (Lipinski definition) is 1. The molecule has 0 aromatic heterocycles. The summed E-state index contributed by atoms with van der Waals surface area (Å²) in [5, 5.41) is 4.21. The average molecular weight is 369 g/mol. The summed E-state index contributed by atoms with van der Waals surface area (Å²) in [4.78, 5) is 0. The molecule has 0 bridgehead atoms. The first-order valence-corrected chi connectivity index (χ1v) is 8.06. The number of benzene rings is 2. The van der Waals surface area contributed by atoms with Crippen LogP contribution in [-0.4, -0.2) is 13.7 Å². The van der Waals surface area contributed by atoms with Crippen LogP contribution in [0.3, 0.4) is 0 Å². The van der Waals surface area contributed by atoms with E-state index in [1.54, 1.807) is 7.11 Å². The Morgan fingerprint density at radius 1 is 1.19 bits per heavy atom. The van der Waals surface area contributed by atoms with Crippen molar-refractivity contribution < 1.29 is 4.74 Å². The second-order valence-corrected chi connectivity index (χ2v) is 6.19. The van der Waals surface area contributed by atoms with Gasteiger partial charge in [0, 0.05) is 15.1 Å². The van der Waals surface area contributed by atoms with Crippen molar-refractivity contribution in [1.82, 2.24) is 5.32 Å². The molecule has 0 radical (unpaired) electrons. The minimum Gasteiger partial charge on any atom is -0.496 e. The first-order valence-electron chi connectivity index (χ1n) is 6.89. The van der Waals surface area contributed by atoms with Gasteiger partial charge in [0.1, 0.15) is 5.75 Å². The summed E-state index contributed by atoms with van der Waals surface area (Å²) in [6.45, 7) is 5.02. The van der Waals surface area contributed by atoms with Crippen LogP contribution in [0.2, 0.25) is 5.02 Å². The summed E-state index contributed by atoms with van der Waals surface area (Å²) in [5.41, 5.74) is 3.43. The molecule has 1 atom stereocenters. The van der Waals surface area contributed by atoms with Crippen molar-refractivity contribution >= 4 is 27.5 Å². The summed E-state index contributed by atoms with van der Waals surface area (Å²) in [6.07, 6.45) is 0. The number of methoxy groups -OCH3 is 1. The molecule has 1 N–H and O–H groups in total. The Bertz CT molecular complexity index is 630. The van der Waals surface area contributed by atoms with Crippen molar-refractivity contribution in [2.75, 3.05) is 13.7 Å². The minimum atomic E-state index is 0.0265. The third kappa shape index (κ3) is 3.79. The second-order valence-electron chi connectivity index (χ2n) is 4.90. The number of nitrogens with one attached hydrogen (secondary N) is 1. The van der Waals surface area contributed by atoms with Gasteiger partial charge in [0.15, 0.2) is 0 Å². The number of aryl methyl sites for hydroxylation is 1. The monoisotopic (exact) mass is 367 g/mol. The van der Waals surface area contributed by atoms with E-state index in [0.29, 0.717) is 5.02 Å². The third-order valence-electron chi connectivity index (χ3n) is 3.38. The predicted molar refractivity (Wildman–Crippen MR) is 92.4 cm³/mol. The molecule has 1 unspecified atom stereocenters. The maximum absolute atomic E-state index is 6.18. The fourth-order valence-corrected chi connectivity index (χ4v) is 3.29. The molecule has 0 aliphatic heterocycles. The molecule has 2 aromatic carbocycles. The molecular formula is C17H19BrClNO. The smallest absolute Gasteiger partial charge is 0.124 e. The van der Waals surface area contributed by atoms with E-state index in [0.717, 1.165) is 22.3 Å². The lowest BCUT2D eigenvalue weighted by molar-refractivity contribution is 0.404. The summed E-state index contributed by atoms with van der Waals surface area (Å²) in [6, 6.07) is 12.1. The van der Waals surface area contributed by atoms with Crippen LogP contribution in [0.15, 0.2) is 40.9 Å². The zero-order chi connectivity index (χ0) is 15.4. The van der Waals surface area contributed by atoms with Gasteiger partial charge in [-0.1, -0.05) is 46.6 Å². The summed E-state index contributed by atoms with van der Waals surface area (Å²) in [5.74, 6) is 0.831. The Morgan fingerprint density at radius 3 is 2.57 bits per heavy atom. The van der Waals surface area contributed by atoms with Gasteiger partial charge in [-0.05, 0) is 48.9 Å². The fourth-order valence-electron chi connectivity index (χ4n) is 2.39. The molecule has 0 aliphatic rings. The molecule has 2 rings (SSSR count). The van der Waals surface area contributed by atoms with Gasteiger partial charge in [0.2, 0.25) is 0 Å². The van der Waals surface area contributed by atoms with Crippen molar-refractivity contribution in [2.45, 2.75) is 19.9 Å². The highest BCUT2D eigenvalue weighted by Crippen LogP contribution is 2.35. The predicted octanol–water partition coefficient (Wildman–Crippen LogP) is 5.12. The Labute approximate surface area is 139 Å². The minimum absolute atomic E-state index is 0.0265. The molecule has 0 spiro atoms. The zero-order valence-electron chi connectivity index (χ0n) is 12.4. The van der Waals surface area contributed by atoms with Crippen LogP contribution in [0.4, 0.5) is 0 Å². The van der Waals surface area contributed by atoms with E-state index in [9.17, 15) is 0 Å². The number of halogens is 2. The van der Waals surface area contributed by atoms with Crippen LogP contribution in [-0.2, 0) is 0 Å². The molecule has 0 aliphatic carbocycles. The molecule has 2 aromatic rings. The van der Waals surface area contributed by atoms with Crippen molar-refractivity contribution in [1.29, 1.82) is 0 Å². The summed E-state index contributed by atoms with van der Waals surface area (Å²) < 4.78 is 6.58. The van der Waals surface area contributed by atoms with Crippen molar-refractivity contribution in [3.63, 3.8) is 0 Å². The molecular weight excluding hydrogens is 350 g/mol. The van der Waals surface area contributed by atoms with Crippen LogP contribution in [0.25, 0.3) is 0 Å². The lowest BCUT2D eigenvalue weighted by Crippen LogP contribution is -2.23. The summed E-state index contributed by atoms with van der Waals surface area (Å²) in [7, 11) is 1.68. The van der Waals surface area contributed by atoms with E-state index >= 15 is 0 Å². The molecule has 0 amide bonds. The molecule has 4 heteroatoms. The van der Waals surface area contributed by atoms with E-state index in [1.165, 1.54) is 11.1 Å². The molecule has 0 saturated carbocycles. The lowest BCUT2D eigenvalue weighted by Gasteiger charge is -2.23. The van der Waals surface area contributed by atoms with Crippen LogP contribution in [0.5, 0.6) is 5.75 Å². The second kappa shape index (κ2) is 7.30. The quantitative estimate of drug-likeness (QED) is 0.791.